The summed E-state index contributed by atoms with van der Waals surface area (Å²) in [7, 11) is 3.97. The maximum absolute atomic E-state index is 4.44. The summed E-state index contributed by atoms with van der Waals surface area (Å²) in [5, 5.41) is 8.89. The zero-order valence-corrected chi connectivity index (χ0v) is 12.5. The number of aryl methyl sites for hydroxylation is 2. The smallest absolute Gasteiger partial charge is 0.0705 e. The molecule has 0 bridgehead atoms. The van der Waals surface area contributed by atoms with Crippen LogP contribution in [0.5, 0.6) is 0 Å². The lowest BCUT2D eigenvalue weighted by atomic mass is 9.96. The number of nitrogens with one attached hydrogen (secondary N) is 1. The molecule has 3 aromatic rings. The summed E-state index contributed by atoms with van der Waals surface area (Å²) in [5.74, 6) is 0. The third-order valence-electron chi connectivity index (χ3n) is 3.88. The molecule has 0 aliphatic carbocycles. The molecule has 0 saturated carbocycles. The standard InChI is InChI=1S/C17H20N4/c1-18-16(9-8-13-11-20-21(2)12-13)14-5-3-7-17-15(14)6-4-10-19-17/h3-7,10-12,16,18H,8-9H2,1-2H3. The van der Waals surface area contributed by atoms with Gasteiger partial charge in [0.1, 0.15) is 0 Å². The van der Waals surface area contributed by atoms with Gasteiger partial charge in [-0.3, -0.25) is 9.67 Å². The summed E-state index contributed by atoms with van der Waals surface area (Å²) in [6, 6.07) is 10.8. The van der Waals surface area contributed by atoms with Crippen molar-refractivity contribution in [2.75, 3.05) is 7.05 Å². The van der Waals surface area contributed by atoms with Gasteiger partial charge in [0, 0.05) is 30.9 Å². The largest absolute Gasteiger partial charge is 0.313 e. The van der Waals surface area contributed by atoms with Crippen molar-refractivity contribution in [3.8, 4) is 0 Å². The number of hydrogen-bond acceptors (Lipinski definition) is 3. The fraction of sp³-hybridized carbons (Fsp3) is 0.294. The van der Waals surface area contributed by atoms with Crippen molar-refractivity contribution in [2.45, 2.75) is 18.9 Å². The van der Waals surface area contributed by atoms with Gasteiger partial charge in [-0.2, -0.15) is 5.10 Å². The van der Waals surface area contributed by atoms with Gasteiger partial charge >= 0.3 is 0 Å². The molecule has 108 valence electrons. The second kappa shape index (κ2) is 6.06. The lowest BCUT2D eigenvalue weighted by Gasteiger charge is -2.18. The summed E-state index contributed by atoms with van der Waals surface area (Å²) in [4.78, 5) is 4.44. The summed E-state index contributed by atoms with van der Waals surface area (Å²) in [5.41, 5.74) is 3.64. The Kier molecular flexibility index (Phi) is 3.97. The van der Waals surface area contributed by atoms with Crippen LogP contribution in [0.15, 0.2) is 48.9 Å². The lowest BCUT2D eigenvalue weighted by molar-refractivity contribution is 0.552. The van der Waals surface area contributed by atoms with E-state index in [1.165, 1.54) is 16.5 Å². The van der Waals surface area contributed by atoms with Crippen LogP contribution in [0, 0.1) is 0 Å². The Labute approximate surface area is 124 Å². The van der Waals surface area contributed by atoms with Crippen LogP contribution in [0.1, 0.15) is 23.6 Å². The second-order valence-corrected chi connectivity index (χ2v) is 5.32. The van der Waals surface area contributed by atoms with Crippen molar-refractivity contribution < 1.29 is 0 Å². The molecule has 2 aromatic heterocycles. The van der Waals surface area contributed by atoms with Gasteiger partial charge in [-0.15, -0.1) is 0 Å². The molecule has 1 N–H and O–H groups in total. The first-order valence-electron chi connectivity index (χ1n) is 7.26. The van der Waals surface area contributed by atoms with Gasteiger partial charge in [0.15, 0.2) is 0 Å². The Morgan fingerprint density at radius 2 is 2.14 bits per heavy atom. The van der Waals surface area contributed by atoms with E-state index in [9.17, 15) is 0 Å². The Bertz CT molecular complexity index is 727. The molecule has 0 aliphatic heterocycles. The molecule has 4 heteroatoms. The third kappa shape index (κ3) is 2.95. The monoisotopic (exact) mass is 280 g/mol. The zero-order chi connectivity index (χ0) is 14.7. The molecule has 0 radical (unpaired) electrons. The lowest BCUT2D eigenvalue weighted by Crippen LogP contribution is -2.17. The molecule has 1 aromatic carbocycles. The Balaban J connectivity index is 1.84. The number of hydrogen-bond donors (Lipinski definition) is 1. The molecular weight excluding hydrogens is 260 g/mol. The maximum Gasteiger partial charge on any atom is 0.0705 e. The van der Waals surface area contributed by atoms with Gasteiger partial charge in [-0.05, 0) is 43.1 Å². The molecule has 0 saturated heterocycles. The van der Waals surface area contributed by atoms with E-state index in [1.807, 2.05) is 37.2 Å². The van der Waals surface area contributed by atoms with Crippen LogP contribution in [-0.2, 0) is 13.5 Å². The van der Waals surface area contributed by atoms with Gasteiger partial charge in [0.05, 0.1) is 11.7 Å². The first-order chi connectivity index (χ1) is 10.3. The fourth-order valence-corrected chi connectivity index (χ4v) is 2.80. The molecule has 0 amide bonds. The highest BCUT2D eigenvalue weighted by molar-refractivity contribution is 5.82. The predicted molar refractivity (Wildman–Crippen MR) is 85.1 cm³/mol. The molecule has 2 heterocycles. The van der Waals surface area contributed by atoms with Crippen molar-refractivity contribution in [3.63, 3.8) is 0 Å². The van der Waals surface area contributed by atoms with Crippen LogP contribution in [0.2, 0.25) is 0 Å². The maximum atomic E-state index is 4.44. The van der Waals surface area contributed by atoms with Gasteiger partial charge in [0.25, 0.3) is 0 Å². The molecule has 1 atom stereocenters. The number of rotatable bonds is 5. The predicted octanol–water partition coefficient (Wildman–Crippen LogP) is 2.86. The quantitative estimate of drug-likeness (QED) is 0.781. The van der Waals surface area contributed by atoms with Gasteiger partial charge in [-0.25, -0.2) is 0 Å². The summed E-state index contributed by atoms with van der Waals surface area (Å²) in [6.45, 7) is 0. The fourth-order valence-electron chi connectivity index (χ4n) is 2.80. The minimum Gasteiger partial charge on any atom is -0.313 e. The number of pyridine rings is 1. The van der Waals surface area contributed by atoms with Crippen molar-refractivity contribution in [1.29, 1.82) is 0 Å². The highest BCUT2D eigenvalue weighted by atomic mass is 15.2. The van der Waals surface area contributed by atoms with Crippen molar-refractivity contribution in [3.05, 3.63) is 60.0 Å². The van der Waals surface area contributed by atoms with E-state index >= 15 is 0 Å². The van der Waals surface area contributed by atoms with Crippen LogP contribution in [0.4, 0.5) is 0 Å². The SMILES string of the molecule is CNC(CCc1cnn(C)c1)c1cccc2ncccc12. The zero-order valence-electron chi connectivity index (χ0n) is 12.5. The molecule has 21 heavy (non-hydrogen) atoms. The number of nitrogens with zero attached hydrogens (tertiary/aromatic N) is 3. The first-order valence-corrected chi connectivity index (χ1v) is 7.26. The molecule has 0 aliphatic rings. The highest BCUT2D eigenvalue weighted by Gasteiger charge is 2.13. The molecule has 0 fully saturated rings. The first kappa shape index (κ1) is 13.8. The van der Waals surface area contributed by atoms with E-state index in [-0.39, 0.29) is 0 Å². The Morgan fingerprint density at radius 3 is 2.90 bits per heavy atom. The van der Waals surface area contributed by atoms with Crippen LogP contribution >= 0.6 is 0 Å². The number of aromatic nitrogens is 3. The van der Waals surface area contributed by atoms with E-state index in [1.54, 1.807) is 0 Å². The van der Waals surface area contributed by atoms with Crippen LogP contribution in [0.3, 0.4) is 0 Å². The third-order valence-corrected chi connectivity index (χ3v) is 3.88. The average Bonchev–Trinajstić information content (AvgIpc) is 2.93. The topological polar surface area (TPSA) is 42.7 Å². The van der Waals surface area contributed by atoms with Crippen molar-refractivity contribution >= 4 is 10.9 Å². The highest BCUT2D eigenvalue weighted by Crippen LogP contribution is 2.26. The molecular formula is C17H20N4. The van der Waals surface area contributed by atoms with Gasteiger partial charge < -0.3 is 5.32 Å². The van der Waals surface area contributed by atoms with E-state index in [0.29, 0.717) is 6.04 Å². The van der Waals surface area contributed by atoms with Gasteiger partial charge in [-0.1, -0.05) is 18.2 Å². The van der Waals surface area contributed by atoms with Crippen LogP contribution < -0.4 is 5.32 Å². The average molecular weight is 280 g/mol. The minimum atomic E-state index is 0.318. The molecule has 1 unspecified atom stereocenters. The number of benzene rings is 1. The molecule has 4 nitrogen and oxygen atoms in total. The van der Waals surface area contributed by atoms with Crippen molar-refractivity contribution in [1.82, 2.24) is 20.1 Å². The van der Waals surface area contributed by atoms with E-state index in [4.69, 9.17) is 0 Å². The van der Waals surface area contributed by atoms with Gasteiger partial charge in [0.2, 0.25) is 0 Å². The molecule has 3 rings (SSSR count). The summed E-state index contributed by atoms with van der Waals surface area (Å²) < 4.78 is 1.85. The Hall–Kier alpha value is -2.20. The Morgan fingerprint density at radius 1 is 1.24 bits per heavy atom. The van der Waals surface area contributed by atoms with Crippen molar-refractivity contribution in [2.24, 2.45) is 7.05 Å². The number of fused-ring (bicyclic) bond motifs is 1. The van der Waals surface area contributed by atoms with E-state index in [2.05, 4.69) is 45.9 Å². The summed E-state index contributed by atoms with van der Waals surface area (Å²) >= 11 is 0. The van der Waals surface area contributed by atoms with Crippen LogP contribution in [-0.4, -0.2) is 21.8 Å². The summed E-state index contributed by atoms with van der Waals surface area (Å²) in [6.07, 6.45) is 7.91. The second-order valence-electron chi connectivity index (χ2n) is 5.32. The normalized spacial score (nSPS) is 12.7. The van der Waals surface area contributed by atoms with E-state index < -0.39 is 0 Å². The van der Waals surface area contributed by atoms with Crippen LogP contribution in [0.25, 0.3) is 10.9 Å². The minimum absolute atomic E-state index is 0.318. The molecule has 0 spiro atoms. The van der Waals surface area contributed by atoms with E-state index in [0.717, 1.165) is 18.4 Å².